The van der Waals surface area contributed by atoms with Gasteiger partial charge >= 0.3 is 0 Å². The van der Waals surface area contributed by atoms with E-state index in [0.717, 1.165) is 76.0 Å². The van der Waals surface area contributed by atoms with Crippen LogP contribution in [0.5, 0.6) is 5.75 Å². The first kappa shape index (κ1) is 21.4. The number of hydrogen-bond donors (Lipinski definition) is 1. The molecule has 3 heterocycles. The van der Waals surface area contributed by atoms with Gasteiger partial charge in [-0.05, 0) is 57.1 Å². The van der Waals surface area contributed by atoms with Gasteiger partial charge in [-0.2, -0.15) is 0 Å². The molecule has 1 amide bonds. The van der Waals surface area contributed by atoms with Crippen LogP contribution in [0.15, 0.2) is 12.3 Å². The zero-order valence-electron chi connectivity index (χ0n) is 18.7. The van der Waals surface area contributed by atoms with Crippen molar-refractivity contribution in [2.45, 2.75) is 64.8 Å². The van der Waals surface area contributed by atoms with Crippen molar-refractivity contribution in [3.05, 3.63) is 17.8 Å². The van der Waals surface area contributed by atoms with Crippen LogP contribution in [0.2, 0.25) is 0 Å². The van der Waals surface area contributed by atoms with Crippen LogP contribution in [0.25, 0.3) is 0 Å². The molecule has 30 heavy (non-hydrogen) atoms. The molecule has 166 valence electrons. The molecule has 1 atom stereocenters. The zero-order chi connectivity index (χ0) is 20.9. The Balaban J connectivity index is 1.16. The molecule has 6 heteroatoms. The summed E-state index contributed by atoms with van der Waals surface area (Å²) in [6.45, 7) is 10.4. The van der Waals surface area contributed by atoms with E-state index in [1.807, 2.05) is 19.2 Å². The molecule has 1 saturated carbocycles. The Labute approximate surface area is 181 Å². The second-order valence-electron chi connectivity index (χ2n) is 9.36. The van der Waals surface area contributed by atoms with Crippen molar-refractivity contribution in [2.75, 3.05) is 44.2 Å². The van der Waals surface area contributed by atoms with Gasteiger partial charge < -0.3 is 15.0 Å². The normalized spacial score (nSPS) is 25.5. The molecule has 1 aromatic heterocycles. The molecule has 0 spiro atoms. The highest BCUT2D eigenvalue weighted by atomic mass is 16.5. The number of pyridine rings is 1. The molecule has 2 fully saturated rings. The number of rotatable bonds is 7. The maximum Gasteiger partial charge on any atom is 0.223 e. The van der Waals surface area contributed by atoms with Crippen molar-refractivity contribution in [1.29, 1.82) is 0 Å². The molecule has 1 unspecified atom stereocenters. The van der Waals surface area contributed by atoms with Gasteiger partial charge in [-0.3, -0.25) is 9.69 Å². The quantitative estimate of drug-likeness (QED) is 0.742. The number of anilines is 1. The second kappa shape index (κ2) is 9.99. The lowest BCUT2D eigenvalue weighted by atomic mass is 9.83. The minimum atomic E-state index is 0.140. The van der Waals surface area contributed by atoms with E-state index in [1.165, 1.54) is 31.4 Å². The molecular formula is C24H38N4O2. The Morgan fingerprint density at radius 3 is 2.73 bits per heavy atom. The minimum Gasteiger partial charge on any atom is -0.493 e. The van der Waals surface area contributed by atoms with E-state index >= 15 is 0 Å². The van der Waals surface area contributed by atoms with Gasteiger partial charge in [0.05, 0.1) is 6.61 Å². The van der Waals surface area contributed by atoms with E-state index < -0.39 is 0 Å². The van der Waals surface area contributed by atoms with Crippen molar-refractivity contribution in [1.82, 2.24) is 15.2 Å². The third-order valence-electron chi connectivity index (χ3n) is 7.38. The van der Waals surface area contributed by atoms with Crippen LogP contribution < -0.4 is 15.0 Å². The topological polar surface area (TPSA) is 57.7 Å². The van der Waals surface area contributed by atoms with Gasteiger partial charge in [0.25, 0.3) is 0 Å². The van der Waals surface area contributed by atoms with E-state index in [2.05, 4.69) is 27.0 Å². The van der Waals surface area contributed by atoms with Gasteiger partial charge in [0.2, 0.25) is 5.91 Å². The number of nitrogens with one attached hydrogen (secondary N) is 1. The highest BCUT2D eigenvalue weighted by molar-refractivity contribution is 5.78. The number of carbonyl (C=O) groups is 1. The molecule has 2 aliphatic heterocycles. The summed E-state index contributed by atoms with van der Waals surface area (Å²) in [5, 5.41) is 3.26. The molecule has 4 rings (SSSR count). The summed E-state index contributed by atoms with van der Waals surface area (Å²) in [7, 11) is 0. The van der Waals surface area contributed by atoms with Gasteiger partial charge in [0.1, 0.15) is 11.6 Å². The third kappa shape index (κ3) is 5.08. The van der Waals surface area contributed by atoms with Crippen LogP contribution in [0, 0.1) is 11.8 Å². The monoisotopic (exact) mass is 414 g/mol. The van der Waals surface area contributed by atoms with E-state index in [0.29, 0.717) is 6.04 Å². The SMILES string of the molecule is CCC(C)C(=O)N[C@H]1CC[C@H](CCN2CCN(c3nccc4c3CCO4)CC2)CC1. The fraction of sp³-hybridized carbons (Fsp3) is 0.750. The second-order valence-corrected chi connectivity index (χ2v) is 9.36. The predicted octanol–water partition coefficient (Wildman–Crippen LogP) is 3.25. The number of amides is 1. The minimum absolute atomic E-state index is 0.140. The largest absolute Gasteiger partial charge is 0.493 e. The molecule has 1 aromatic rings. The average Bonchev–Trinajstić information content (AvgIpc) is 3.27. The van der Waals surface area contributed by atoms with Crippen LogP contribution in [0.3, 0.4) is 0 Å². The maximum absolute atomic E-state index is 12.1. The van der Waals surface area contributed by atoms with Gasteiger partial charge in [0.15, 0.2) is 0 Å². The average molecular weight is 415 g/mol. The van der Waals surface area contributed by atoms with Gasteiger partial charge in [0, 0.05) is 56.3 Å². The number of piperazine rings is 1. The van der Waals surface area contributed by atoms with Gasteiger partial charge in [-0.1, -0.05) is 13.8 Å². The van der Waals surface area contributed by atoms with E-state index in [9.17, 15) is 4.79 Å². The summed E-state index contributed by atoms with van der Waals surface area (Å²) in [6, 6.07) is 2.39. The number of fused-ring (bicyclic) bond motifs is 1. The molecule has 0 aromatic carbocycles. The summed E-state index contributed by atoms with van der Waals surface area (Å²) in [4.78, 5) is 21.8. The van der Waals surface area contributed by atoms with Crippen molar-refractivity contribution in [3.63, 3.8) is 0 Å². The predicted molar refractivity (Wildman–Crippen MR) is 120 cm³/mol. The molecule has 1 saturated heterocycles. The first-order valence-electron chi connectivity index (χ1n) is 12.0. The fourth-order valence-electron chi connectivity index (χ4n) is 5.04. The highest BCUT2D eigenvalue weighted by Gasteiger charge is 2.26. The molecule has 3 aliphatic rings. The Hall–Kier alpha value is -1.82. The smallest absolute Gasteiger partial charge is 0.223 e. The molecule has 6 nitrogen and oxygen atoms in total. The molecule has 0 radical (unpaired) electrons. The number of hydrogen-bond acceptors (Lipinski definition) is 5. The number of ether oxygens (including phenoxy) is 1. The summed E-state index contributed by atoms with van der Waals surface area (Å²) in [6.07, 6.45) is 9.88. The Bertz CT molecular complexity index is 709. The van der Waals surface area contributed by atoms with Gasteiger partial charge in [-0.25, -0.2) is 4.98 Å². The summed E-state index contributed by atoms with van der Waals surface area (Å²) in [5.41, 5.74) is 1.29. The number of nitrogens with zero attached hydrogens (tertiary/aromatic N) is 3. The third-order valence-corrected chi connectivity index (χ3v) is 7.38. The first-order chi connectivity index (χ1) is 14.6. The molecular weight excluding hydrogens is 376 g/mol. The van der Waals surface area contributed by atoms with Crippen molar-refractivity contribution >= 4 is 11.7 Å². The fourth-order valence-corrected chi connectivity index (χ4v) is 5.04. The van der Waals surface area contributed by atoms with E-state index in [1.54, 1.807) is 0 Å². The first-order valence-corrected chi connectivity index (χ1v) is 12.0. The van der Waals surface area contributed by atoms with Crippen LogP contribution >= 0.6 is 0 Å². The lowest BCUT2D eigenvalue weighted by Gasteiger charge is -2.37. The standard InChI is InChI=1S/C24H38N4O2/c1-3-18(2)24(29)26-20-6-4-19(5-7-20)9-12-27-13-15-28(16-14-27)23-21-10-17-30-22(21)8-11-25-23/h8,11,18-20H,3-7,9-10,12-17H2,1-2H3,(H,26,29)/t18?,19-,20-. The van der Waals surface area contributed by atoms with Gasteiger partial charge in [-0.15, -0.1) is 0 Å². The Morgan fingerprint density at radius 1 is 1.23 bits per heavy atom. The number of aromatic nitrogens is 1. The zero-order valence-corrected chi connectivity index (χ0v) is 18.7. The molecule has 1 aliphatic carbocycles. The summed E-state index contributed by atoms with van der Waals surface area (Å²) in [5.74, 6) is 3.36. The molecule has 1 N–H and O–H groups in total. The van der Waals surface area contributed by atoms with Crippen LogP contribution in [0.4, 0.5) is 5.82 Å². The maximum atomic E-state index is 12.1. The Morgan fingerprint density at radius 2 is 2.00 bits per heavy atom. The summed E-state index contributed by atoms with van der Waals surface area (Å²) < 4.78 is 5.70. The highest BCUT2D eigenvalue weighted by Crippen LogP contribution is 2.32. The van der Waals surface area contributed by atoms with Crippen molar-refractivity contribution < 1.29 is 9.53 Å². The number of carbonyl (C=O) groups excluding carboxylic acids is 1. The van der Waals surface area contributed by atoms with Crippen LogP contribution in [-0.4, -0.2) is 61.2 Å². The Kier molecular flexibility index (Phi) is 7.13. The van der Waals surface area contributed by atoms with Crippen molar-refractivity contribution in [3.8, 4) is 5.75 Å². The lowest BCUT2D eigenvalue weighted by molar-refractivity contribution is -0.125. The van der Waals surface area contributed by atoms with Crippen molar-refractivity contribution in [2.24, 2.45) is 11.8 Å². The van der Waals surface area contributed by atoms with E-state index in [-0.39, 0.29) is 11.8 Å². The molecule has 0 bridgehead atoms. The van der Waals surface area contributed by atoms with E-state index in [4.69, 9.17) is 4.74 Å². The summed E-state index contributed by atoms with van der Waals surface area (Å²) >= 11 is 0. The van der Waals surface area contributed by atoms with Crippen LogP contribution in [-0.2, 0) is 11.2 Å². The lowest BCUT2D eigenvalue weighted by Crippen LogP contribution is -2.47. The van der Waals surface area contributed by atoms with Crippen LogP contribution in [0.1, 0.15) is 57.9 Å².